The highest BCUT2D eigenvalue weighted by atomic mass is 35.5. The van der Waals surface area contributed by atoms with Crippen molar-refractivity contribution in [2.75, 3.05) is 0 Å². The largest absolute Gasteiger partial charge is 0.480 e. The minimum Gasteiger partial charge on any atom is -0.480 e. The third kappa shape index (κ3) is 2.88. The molecule has 1 aliphatic rings. The van der Waals surface area contributed by atoms with Crippen LogP contribution in [0.4, 0.5) is 4.79 Å². The number of carboxylic acid groups (broad SMARTS) is 1. The predicted molar refractivity (Wildman–Crippen MR) is 73.5 cm³/mol. The van der Waals surface area contributed by atoms with Gasteiger partial charge in [-0.15, -0.1) is 0 Å². The molecule has 0 radical (unpaired) electrons. The summed E-state index contributed by atoms with van der Waals surface area (Å²) in [5, 5.41) is 9.94. The van der Waals surface area contributed by atoms with Gasteiger partial charge in [-0.2, -0.15) is 0 Å². The second kappa shape index (κ2) is 5.71. The maximum absolute atomic E-state index is 11.9. The summed E-state index contributed by atoms with van der Waals surface area (Å²) in [5.74, 6) is -1.11. The van der Waals surface area contributed by atoms with E-state index in [1.54, 1.807) is 24.3 Å². The third-order valence-corrected chi connectivity index (χ3v) is 3.55. The first-order valence-electron chi connectivity index (χ1n) is 6.34. The number of hydrogen-bond donors (Lipinski definition) is 1. The number of cyclic esters (lactones) is 1. The number of ether oxygens (including phenoxy) is 1. The lowest BCUT2D eigenvalue weighted by Gasteiger charge is -2.22. The average Bonchev–Trinajstić information content (AvgIpc) is 2.70. The number of carboxylic acids is 1. The van der Waals surface area contributed by atoms with Crippen LogP contribution in [0.2, 0.25) is 5.02 Å². The molecule has 0 bridgehead atoms. The molecule has 20 heavy (non-hydrogen) atoms. The molecule has 1 N–H and O–H groups in total. The smallest absolute Gasteiger partial charge is 0.411 e. The number of rotatable bonds is 4. The van der Waals surface area contributed by atoms with Gasteiger partial charge in [0.2, 0.25) is 0 Å². The molecule has 0 aliphatic carbocycles. The van der Waals surface area contributed by atoms with Crippen LogP contribution in [-0.4, -0.2) is 34.2 Å². The number of amides is 1. The van der Waals surface area contributed by atoms with E-state index < -0.39 is 24.2 Å². The van der Waals surface area contributed by atoms with E-state index in [-0.39, 0.29) is 12.5 Å². The normalized spacial score (nSPS) is 22.2. The standard InChI is InChI=1S/C14H16ClNO4/c1-8(2)12-11(13(17)18)16(14(19)20-12)7-9-3-5-10(15)6-4-9/h3-6,8,11-12H,7H2,1-2H3,(H,17,18)/t11-,12+/m1/s1. The molecule has 0 saturated carbocycles. The zero-order valence-corrected chi connectivity index (χ0v) is 12.0. The van der Waals surface area contributed by atoms with Gasteiger partial charge < -0.3 is 9.84 Å². The molecular weight excluding hydrogens is 282 g/mol. The maximum atomic E-state index is 11.9. The number of halogens is 1. The summed E-state index contributed by atoms with van der Waals surface area (Å²) in [6, 6.07) is 5.97. The van der Waals surface area contributed by atoms with Crippen molar-refractivity contribution in [2.24, 2.45) is 5.92 Å². The first kappa shape index (κ1) is 14.7. The van der Waals surface area contributed by atoms with E-state index in [0.29, 0.717) is 5.02 Å². The Kier molecular flexibility index (Phi) is 4.18. The van der Waals surface area contributed by atoms with Gasteiger partial charge in [-0.3, -0.25) is 4.90 Å². The van der Waals surface area contributed by atoms with E-state index in [4.69, 9.17) is 16.3 Å². The van der Waals surface area contributed by atoms with Crippen molar-refractivity contribution in [3.63, 3.8) is 0 Å². The molecule has 6 heteroatoms. The van der Waals surface area contributed by atoms with Gasteiger partial charge in [0.25, 0.3) is 0 Å². The quantitative estimate of drug-likeness (QED) is 0.928. The van der Waals surface area contributed by atoms with Crippen LogP contribution in [0, 0.1) is 5.92 Å². The van der Waals surface area contributed by atoms with Gasteiger partial charge in [0.1, 0.15) is 6.10 Å². The van der Waals surface area contributed by atoms with Crippen molar-refractivity contribution in [3.8, 4) is 0 Å². The van der Waals surface area contributed by atoms with Crippen LogP contribution < -0.4 is 0 Å². The molecule has 0 spiro atoms. The molecule has 5 nitrogen and oxygen atoms in total. The van der Waals surface area contributed by atoms with Gasteiger partial charge in [-0.05, 0) is 23.6 Å². The maximum Gasteiger partial charge on any atom is 0.411 e. The van der Waals surface area contributed by atoms with Crippen molar-refractivity contribution in [2.45, 2.75) is 32.5 Å². The van der Waals surface area contributed by atoms with Crippen LogP contribution in [0.5, 0.6) is 0 Å². The first-order chi connectivity index (χ1) is 9.40. The fourth-order valence-corrected chi connectivity index (χ4v) is 2.39. The summed E-state index contributed by atoms with van der Waals surface area (Å²) in [6.07, 6.45) is -1.22. The van der Waals surface area contributed by atoms with Crippen molar-refractivity contribution in [3.05, 3.63) is 34.9 Å². The van der Waals surface area contributed by atoms with Gasteiger partial charge in [0.15, 0.2) is 6.04 Å². The summed E-state index contributed by atoms with van der Waals surface area (Å²) in [6.45, 7) is 3.86. The van der Waals surface area contributed by atoms with Crippen molar-refractivity contribution in [1.82, 2.24) is 4.90 Å². The lowest BCUT2D eigenvalue weighted by Crippen LogP contribution is -2.44. The molecule has 1 aromatic rings. The zero-order chi connectivity index (χ0) is 14.9. The summed E-state index contributed by atoms with van der Waals surface area (Å²) >= 11 is 5.80. The van der Waals surface area contributed by atoms with Gasteiger partial charge >= 0.3 is 12.1 Å². The van der Waals surface area contributed by atoms with Crippen LogP contribution in [-0.2, 0) is 16.1 Å². The lowest BCUT2D eigenvalue weighted by atomic mass is 9.99. The number of nitrogens with zero attached hydrogens (tertiary/aromatic N) is 1. The van der Waals surface area contributed by atoms with Crippen LogP contribution in [0.25, 0.3) is 0 Å². The van der Waals surface area contributed by atoms with E-state index in [1.165, 1.54) is 4.90 Å². The Morgan fingerprint density at radius 3 is 2.50 bits per heavy atom. The highest BCUT2D eigenvalue weighted by molar-refractivity contribution is 6.30. The summed E-state index contributed by atoms with van der Waals surface area (Å²) in [4.78, 5) is 24.6. The zero-order valence-electron chi connectivity index (χ0n) is 11.2. The number of benzene rings is 1. The highest BCUT2D eigenvalue weighted by Gasteiger charge is 2.47. The van der Waals surface area contributed by atoms with E-state index in [9.17, 15) is 14.7 Å². The van der Waals surface area contributed by atoms with Gasteiger partial charge in [-0.1, -0.05) is 37.6 Å². The van der Waals surface area contributed by atoms with Crippen LogP contribution in [0.3, 0.4) is 0 Å². The molecule has 0 unspecified atom stereocenters. The van der Waals surface area contributed by atoms with Crippen molar-refractivity contribution in [1.29, 1.82) is 0 Å². The Hall–Kier alpha value is -1.75. The molecule has 1 fully saturated rings. The molecule has 2 rings (SSSR count). The number of aliphatic carboxylic acids is 1. The van der Waals surface area contributed by atoms with E-state index in [2.05, 4.69) is 0 Å². The Labute approximate surface area is 122 Å². The number of hydrogen-bond acceptors (Lipinski definition) is 3. The SMILES string of the molecule is CC(C)[C@@H]1OC(=O)N(Cc2ccc(Cl)cc2)[C@H]1C(=O)O. The molecule has 1 saturated heterocycles. The minimum absolute atomic E-state index is 0.0599. The van der Waals surface area contributed by atoms with Crippen LogP contribution >= 0.6 is 11.6 Å². The molecule has 1 heterocycles. The Morgan fingerprint density at radius 2 is 2.00 bits per heavy atom. The third-order valence-electron chi connectivity index (χ3n) is 3.29. The average molecular weight is 298 g/mol. The molecule has 1 aromatic carbocycles. The summed E-state index contributed by atoms with van der Waals surface area (Å²) < 4.78 is 5.19. The number of carbonyl (C=O) groups excluding carboxylic acids is 1. The number of carbonyl (C=O) groups is 2. The predicted octanol–water partition coefficient (Wildman–Crippen LogP) is 2.77. The lowest BCUT2D eigenvalue weighted by molar-refractivity contribution is -0.143. The molecular formula is C14H16ClNO4. The van der Waals surface area contributed by atoms with Crippen molar-refractivity contribution >= 4 is 23.7 Å². The van der Waals surface area contributed by atoms with Crippen LogP contribution in [0.15, 0.2) is 24.3 Å². The fraction of sp³-hybridized carbons (Fsp3) is 0.429. The second-order valence-corrected chi connectivity index (χ2v) is 5.57. The summed E-state index contributed by atoms with van der Waals surface area (Å²) in [7, 11) is 0. The monoisotopic (exact) mass is 297 g/mol. The first-order valence-corrected chi connectivity index (χ1v) is 6.72. The van der Waals surface area contributed by atoms with E-state index in [1.807, 2.05) is 13.8 Å². The Morgan fingerprint density at radius 1 is 1.40 bits per heavy atom. The van der Waals surface area contributed by atoms with Crippen LogP contribution in [0.1, 0.15) is 19.4 Å². The molecule has 1 amide bonds. The fourth-order valence-electron chi connectivity index (χ4n) is 2.26. The topological polar surface area (TPSA) is 66.8 Å². The van der Waals surface area contributed by atoms with E-state index >= 15 is 0 Å². The Bertz CT molecular complexity index is 514. The van der Waals surface area contributed by atoms with Gasteiger partial charge in [0, 0.05) is 5.02 Å². The van der Waals surface area contributed by atoms with Crippen molar-refractivity contribution < 1.29 is 19.4 Å². The summed E-state index contributed by atoms with van der Waals surface area (Å²) in [5.41, 5.74) is 0.807. The molecule has 0 aromatic heterocycles. The molecule has 2 atom stereocenters. The Balaban J connectivity index is 2.22. The van der Waals surface area contributed by atoms with Gasteiger partial charge in [0.05, 0.1) is 6.54 Å². The highest BCUT2D eigenvalue weighted by Crippen LogP contribution is 2.27. The minimum atomic E-state index is -1.05. The second-order valence-electron chi connectivity index (χ2n) is 5.13. The van der Waals surface area contributed by atoms with Gasteiger partial charge in [-0.25, -0.2) is 9.59 Å². The molecule has 108 valence electrons. The molecule has 1 aliphatic heterocycles. The van der Waals surface area contributed by atoms with E-state index in [0.717, 1.165) is 5.56 Å².